The van der Waals surface area contributed by atoms with Crippen molar-refractivity contribution in [2.75, 3.05) is 13.2 Å². The van der Waals surface area contributed by atoms with E-state index in [1.807, 2.05) is 25.3 Å². The smallest absolute Gasteiger partial charge is 0.268 e. The topological polar surface area (TPSA) is 67.0 Å². The van der Waals surface area contributed by atoms with Crippen molar-refractivity contribution >= 4 is 21.6 Å². The Balaban J connectivity index is 1.90. The van der Waals surface area contributed by atoms with Crippen molar-refractivity contribution in [1.29, 1.82) is 0 Å². The summed E-state index contributed by atoms with van der Waals surface area (Å²) < 4.78 is 6.09. The van der Waals surface area contributed by atoms with E-state index in [-0.39, 0.29) is 11.7 Å². The van der Waals surface area contributed by atoms with Crippen LogP contribution in [0.5, 0.6) is 0 Å². The van der Waals surface area contributed by atoms with Gasteiger partial charge >= 0.3 is 0 Å². The van der Waals surface area contributed by atoms with Crippen LogP contribution in [-0.2, 0) is 11.3 Å². The minimum absolute atomic E-state index is 0.0646. The second kappa shape index (κ2) is 6.08. The summed E-state index contributed by atoms with van der Waals surface area (Å²) in [4.78, 5) is 18.9. The van der Waals surface area contributed by atoms with Gasteiger partial charge in [-0.2, -0.15) is 0 Å². The third-order valence-electron chi connectivity index (χ3n) is 2.39. The summed E-state index contributed by atoms with van der Waals surface area (Å²) >= 11 is 1.41. The molecular weight excluding hydrogens is 250 g/mol. The van der Waals surface area contributed by atoms with Crippen LogP contribution in [0.4, 0.5) is 0 Å². The van der Waals surface area contributed by atoms with Gasteiger partial charge in [0.15, 0.2) is 0 Å². The summed E-state index contributed by atoms with van der Waals surface area (Å²) in [6, 6.07) is 1.86. The van der Waals surface area contributed by atoms with Crippen molar-refractivity contribution in [2.24, 2.45) is 0 Å². The number of nitrogens with zero attached hydrogens (tertiary/aromatic N) is 1. The number of hydrogen-bond donors (Lipinski definition) is 2. The highest BCUT2D eigenvalue weighted by molar-refractivity contribution is 7.17. The molecule has 0 aliphatic rings. The average Bonchev–Trinajstić information content (AvgIpc) is 2.77. The minimum Gasteiger partial charge on any atom is -0.377 e. The summed E-state index contributed by atoms with van der Waals surface area (Å²) in [6.07, 6.45) is 0.242. The van der Waals surface area contributed by atoms with Crippen LogP contribution in [0.15, 0.2) is 16.2 Å². The van der Waals surface area contributed by atoms with E-state index in [1.54, 1.807) is 0 Å². The lowest BCUT2D eigenvalue weighted by Crippen LogP contribution is -2.23. The minimum atomic E-state index is -0.0646. The van der Waals surface area contributed by atoms with Gasteiger partial charge in [0.25, 0.3) is 5.56 Å². The number of H-pyrrole nitrogens is 1. The molecule has 0 unspecified atom stereocenters. The highest BCUT2D eigenvalue weighted by Crippen LogP contribution is 2.13. The predicted octanol–water partition coefficient (Wildman–Crippen LogP) is 1.50. The lowest BCUT2D eigenvalue weighted by molar-refractivity contribution is 0.0806. The maximum absolute atomic E-state index is 11.7. The Morgan fingerprint density at radius 3 is 3.17 bits per heavy atom. The molecule has 0 aliphatic heterocycles. The number of aromatic amines is 1. The average molecular weight is 267 g/mol. The molecule has 0 atom stereocenters. The summed E-state index contributed by atoms with van der Waals surface area (Å²) in [5.41, 5.74) is 0.698. The first-order valence-corrected chi connectivity index (χ1v) is 6.83. The zero-order valence-electron chi connectivity index (χ0n) is 10.5. The molecular formula is C12H17N3O2S. The monoisotopic (exact) mass is 267 g/mol. The van der Waals surface area contributed by atoms with E-state index in [2.05, 4.69) is 15.3 Å². The highest BCUT2D eigenvalue weighted by atomic mass is 32.1. The fraction of sp³-hybridized carbons (Fsp3) is 0.500. The zero-order chi connectivity index (χ0) is 13.0. The van der Waals surface area contributed by atoms with Crippen molar-refractivity contribution in [1.82, 2.24) is 15.3 Å². The van der Waals surface area contributed by atoms with E-state index in [0.29, 0.717) is 23.7 Å². The molecule has 5 nitrogen and oxygen atoms in total. The number of nitrogens with one attached hydrogen (secondary N) is 2. The van der Waals surface area contributed by atoms with Crippen molar-refractivity contribution < 1.29 is 4.74 Å². The molecule has 0 aromatic carbocycles. The van der Waals surface area contributed by atoms with Crippen LogP contribution in [0.25, 0.3) is 10.2 Å². The zero-order valence-corrected chi connectivity index (χ0v) is 11.3. The van der Waals surface area contributed by atoms with Crippen LogP contribution >= 0.6 is 11.3 Å². The number of fused-ring (bicyclic) bond motifs is 1. The fourth-order valence-electron chi connectivity index (χ4n) is 1.58. The van der Waals surface area contributed by atoms with Gasteiger partial charge in [0.05, 0.1) is 24.8 Å². The molecule has 18 heavy (non-hydrogen) atoms. The molecule has 0 spiro atoms. The third kappa shape index (κ3) is 3.38. The Morgan fingerprint density at radius 2 is 2.39 bits per heavy atom. The number of thiophene rings is 1. The Labute approximate surface area is 109 Å². The molecule has 6 heteroatoms. The summed E-state index contributed by atoms with van der Waals surface area (Å²) in [5, 5.41) is 5.06. The molecule has 0 saturated heterocycles. The lowest BCUT2D eigenvalue weighted by atomic mass is 10.4. The van der Waals surface area contributed by atoms with E-state index < -0.39 is 0 Å². The summed E-state index contributed by atoms with van der Waals surface area (Å²) in [7, 11) is 0. The maximum atomic E-state index is 11.7. The van der Waals surface area contributed by atoms with Gasteiger partial charge in [-0.05, 0) is 25.3 Å². The standard InChI is InChI=1S/C12H17N3O2S/c1-8(2)17-5-4-13-7-10-14-9-3-6-18-11(9)12(16)15-10/h3,6,8,13H,4-5,7H2,1-2H3,(H,14,15,16). The Hall–Kier alpha value is -1.24. The van der Waals surface area contributed by atoms with Crippen molar-refractivity contribution in [2.45, 2.75) is 26.5 Å². The maximum Gasteiger partial charge on any atom is 0.268 e. The van der Waals surface area contributed by atoms with Crippen molar-refractivity contribution in [3.05, 3.63) is 27.6 Å². The first kappa shape index (κ1) is 13.2. The number of hydrogen-bond acceptors (Lipinski definition) is 5. The molecule has 0 bridgehead atoms. The van der Waals surface area contributed by atoms with E-state index in [1.165, 1.54) is 11.3 Å². The molecule has 2 rings (SSSR count). The molecule has 0 fully saturated rings. The van der Waals surface area contributed by atoms with Crippen LogP contribution < -0.4 is 10.9 Å². The van der Waals surface area contributed by atoms with Gasteiger partial charge in [-0.3, -0.25) is 4.79 Å². The van der Waals surface area contributed by atoms with Gasteiger partial charge in [-0.1, -0.05) is 0 Å². The number of ether oxygens (including phenoxy) is 1. The normalized spacial score (nSPS) is 11.5. The second-order valence-corrected chi connectivity index (χ2v) is 5.16. The number of aromatic nitrogens is 2. The predicted molar refractivity (Wildman–Crippen MR) is 73.0 cm³/mol. The Kier molecular flexibility index (Phi) is 4.46. The van der Waals surface area contributed by atoms with E-state index in [4.69, 9.17) is 4.74 Å². The van der Waals surface area contributed by atoms with Gasteiger partial charge < -0.3 is 15.0 Å². The summed E-state index contributed by atoms with van der Waals surface area (Å²) in [5.74, 6) is 0.662. The van der Waals surface area contributed by atoms with Crippen LogP contribution in [0.3, 0.4) is 0 Å². The molecule has 2 aromatic heterocycles. The number of rotatable bonds is 6. The molecule has 2 aromatic rings. The van der Waals surface area contributed by atoms with Crippen molar-refractivity contribution in [3.63, 3.8) is 0 Å². The van der Waals surface area contributed by atoms with Crippen LogP contribution in [-0.4, -0.2) is 29.2 Å². The van der Waals surface area contributed by atoms with Crippen LogP contribution in [0, 0.1) is 0 Å². The van der Waals surface area contributed by atoms with Crippen LogP contribution in [0.2, 0.25) is 0 Å². The Bertz CT molecular complexity index is 562. The molecule has 0 amide bonds. The molecule has 0 aliphatic carbocycles. The molecule has 98 valence electrons. The quantitative estimate of drug-likeness (QED) is 0.778. The van der Waals surface area contributed by atoms with Gasteiger partial charge in [0, 0.05) is 6.54 Å². The third-order valence-corrected chi connectivity index (χ3v) is 3.29. The van der Waals surface area contributed by atoms with Crippen LogP contribution in [0.1, 0.15) is 19.7 Å². The highest BCUT2D eigenvalue weighted by Gasteiger charge is 2.04. The van der Waals surface area contributed by atoms with Gasteiger partial charge in [-0.15, -0.1) is 11.3 Å². The van der Waals surface area contributed by atoms with E-state index in [0.717, 1.165) is 12.1 Å². The second-order valence-electron chi connectivity index (χ2n) is 4.24. The fourth-order valence-corrected chi connectivity index (χ4v) is 2.30. The molecule has 0 saturated carbocycles. The van der Waals surface area contributed by atoms with Gasteiger partial charge in [-0.25, -0.2) is 4.98 Å². The molecule has 2 heterocycles. The first-order valence-electron chi connectivity index (χ1n) is 5.95. The Morgan fingerprint density at radius 1 is 1.56 bits per heavy atom. The molecule has 2 N–H and O–H groups in total. The van der Waals surface area contributed by atoms with Gasteiger partial charge in [0.2, 0.25) is 0 Å². The van der Waals surface area contributed by atoms with E-state index in [9.17, 15) is 4.79 Å². The van der Waals surface area contributed by atoms with Gasteiger partial charge in [0.1, 0.15) is 10.5 Å². The summed E-state index contributed by atoms with van der Waals surface area (Å²) in [6.45, 7) is 5.95. The first-order chi connectivity index (χ1) is 8.66. The SMILES string of the molecule is CC(C)OCCNCc1nc2ccsc2c(=O)[nH]1. The van der Waals surface area contributed by atoms with Crippen molar-refractivity contribution in [3.8, 4) is 0 Å². The lowest BCUT2D eigenvalue weighted by Gasteiger charge is -2.08. The van der Waals surface area contributed by atoms with E-state index >= 15 is 0 Å². The largest absolute Gasteiger partial charge is 0.377 e. The molecule has 0 radical (unpaired) electrons.